The van der Waals surface area contributed by atoms with Gasteiger partial charge in [0.15, 0.2) is 12.4 Å². The van der Waals surface area contributed by atoms with Crippen molar-refractivity contribution in [3.8, 4) is 0 Å². The van der Waals surface area contributed by atoms with Crippen LogP contribution in [-0.4, -0.2) is 52.5 Å². The summed E-state index contributed by atoms with van der Waals surface area (Å²) in [5.74, 6) is 2.43. The van der Waals surface area contributed by atoms with Gasteiger partial charge in [-0.25, -0.2) is 0 Å². The van der Waals surface area contributed by atoms with Gasteiger partial charge < -0.3 is 24.4 Å². The fourth-order valence-electron chi connectivity index (χ4n) is 7.17. The second-order valence-electron chi connectivity index (χ2n) is 11.9. The summed E-state index contributed by atoms with van der Waals surface area (Å²) in [4.78, 5) is 12.3. The van der Waals surface area contributed by atoms with Crippen molar-refractivity contribution in [2.24, 2.45) is 40.9 Å². The molecule has 6 nitrogen and oxygen atoms in total. The van der Waals surface area contributed by atoms with Crippen LogP contribution in [0.1, 0.15) is 74.1 Å². The third-order valence-corrected chi connectivity index (χ3v) is 9.24. The minimum Gasteiger partial charge on any atom is -0.454 e. The molecule has 178 valence electrons. The van der Waals surface area contributed by atoms with E-state index < -0.39 is 42.3 Å². The van der Waals surface area contributed by atoms with Crippen LogP contribution in [0.25, 0.3) is 0 Å². The van der Waals surface area contributed by atoms with Crippen molar-refractivity contribution in [1.29, 1.82) is 0 Å². The van der Waals surface area contributed by atoms with Crippen LogP contribution in [0.4, 0.5) is 0 Å². The molecule has 11 atom stereocenters. The van der Waals surface area contributed by atoms with E-state index in [1.165, 1.54) is 6.42 Å². The van der Waals surface area contributed by atoms with Crippen LogP contribution in [0.5, 0.6) is 0 Å². The normalized spacial score (nSPS) is 51.0. The topological polar surface area (TPSA) is 85.2 Å². The van der Waals surface area contributed by atoms with Crippen molar-refractivity contribution in [2.75, 3.05) is 0 Å². The van der Waals surface area contributed by atoms with Crippen LogP contribution in [0.2, 0.25) is 0 Å². The molecule has 3 aliphatic carbocycles. The Morgan fingerprint density at radius 2 is 1.71 bits per heavy atom. The lowest BCUT2D eigenvalue weighted by atomic mass is 9.74. The molecule has 1 heterocycles. The largest absolute Gasteiger partial charge is 0.454 e. The molecular formula is C25H42O6. The maximum Gasteiger partial charge on any atom is 0.308 e. The monoisotopic (exact) mass is 438 g/mol. The van der Waals surface area contributed by atoms with Crippen LogP contribution >= 0.6 is 0 Å². The highest BCUT2D eigenvalue weighted by atomic mass is 16.7. The van der Waals surface area contributed by atoms with Crippen molar-refractivity contribution in [3.05, 3.63) is 0 Å². The first kappa shape index (κ1) is 23.5. The zero-order chi connectivity index (χ0) is 22.9. The average Bonchev–Trinajstić information content (AvgIpc) is 3.06. The number of aliphatic hydroxyl groups is 2. The van der Waals surface area contributed by atoms with E-state index in [1.54, 1.807) is 20.8 Å². The van der Waals surface area contributed by atoms with Gasteiger partial charge in [-0.15, -0.1) is 0 Å². The number of carbonyl (C=O) groups excluding carboxylic acids is 1. The predicted molar refractivity (Wildman–Crippen MR) is 116 cm³/mol. The molecule has 1 saturated heterocycles. The summed E-state index contributed by atoms with van der Waals surface area (Å²) in [6.45, 7) is 14.6. The lowest BCUT2D eigenvalue weighted by Gasteiger charge is -2.47. The van der Waals surface area contributed by atoms with Crippen molar-refractivity contribution in [1.82, 2.24) is 0 Å². The average molecular weight is 439 g/mol. The molecule has 3 saturated carbocycles. The lowest BCUT2D eigenvalue weighted by molar-refractivity contribution is -0.329. The number of fused-ring (bicyclic) bond motifs is 3. The zero-order valence-corrected chi connectivity index (χ0v) is 20.2. The van der Waals surface area contributed by atoms with Gasteiger partial charge in [-0.05, 0) is 68.1 Å². The Morgan fingerprint density at radius 1 is 1.03 bits per heavy atom. The smallest absolute Gasteiger partial charge is 0.308 e. The first-order chi connectivity index (χ1) is 14.4. The molecule has 0 spiro atoms. The molecule has 0 aromatic carbocycles. The summed E-state index contributed by atoms with van der Waals surface area (Å²) in [6, 6.07) is 0. The van der Waals surface area contributed by atoms with Gasteiger partial charge in [0, 0.05) is 0 Å². The van der Waals surface area contributed by atoms with Gasteiger partial charge in [0.25, 0.3) is 0 Å². The van der Waals surface area contributed by atoms with E-state index in [4.69, 9.17) is 14.2 Å². The Labute approximate surface area is 187 Å². The summed E-state index contributed by atoms with van der Waals surface area (Å²) in [7, 11) is 0. The number of ether oxygens (including phenoxy) is 3. The van der Waals surface area contributed by atoms with Crippen LogP contribution in [0.15, 0.2) is 0 Å². The van der Waals surface area contributed by atoms with E-state index >= 15 is 0 Å². The molecule has 0 radical (unpaired) electrons. The first-order valence-corrected chi connectivity index (χ1v) is 12.3. The molecular weight excluding hydrogens is 396 g/mol. The van der Waals surface area contributed by atoms with E-state index in [9.17, 15) is 15.0 Å². The van der Waals surface area contributed by atoms with E-state index in [2.05, 4.69) is 27.7 Å². The highest BCUT2D eigenvalue weighted by Gasteiger charge is 2.67. The number of esters is 1. The van der Waals surface area contributed by atoms with E-state index in [0.717, 1.165) is 31.1 Å². The van der Waals surface area contributed by atoms with Crippen molar-refractivity contribution in [2.45, 2.75) is 110 Å². The van der Waals surface area contributed by atoms with Gasteiger partial charge in [0.1, 0.15) is 12.2 Å². The van der Waals surface area contributed by atoms with Crippen LogP contribution in [-0.2, 0) is 19.0 Å². The minimum absolute atomic E-state index is 0.341. The predicted octanol–water partition coefficient (Wildman–Crippen LogP) is 3.52. The van der Waals surface area contributed by atoms with E-state index in [0.29, 0.717) is 23.2 Å². The van der Waals surface area contributed by atoms with Gasteiger partial charge in [-0.3, -0.25) is 4.79 Å². The summed E-state index contributed by atoms with van der Waals surface area (Å²) in [5, 5.41) is 21.1. The Morgan fingerprint density at radius 3 is 2.35 bits per heavy atom. The maximum absolute atomic E-state index is 12.3. The highest BCUT2D eigenvalue weighted by molar-refractivity contribution is 5.71. The number of hydrogen-bond donors (Lipinski definition) is 2. The first-order valence-electron chi connectivity index (χ1n) is 12.3. The Hall–Kier alpha value is -0.690. The number of carbonyl (C=O) groups is 1. The van der Waals surface area contributed by atoms with E-state index in [1.807, 2.05) is 0 Å². The molecule has 5 unspecified atom stereocenters. The van der Waals surface area contributed by atoms with Gasteiger partial charge in [-0.1, -0.05) is 41.0 Å². The molecule has 0 aromatic rings. The van der Waals surface area contributed by atoms with Crippen LogP contribution < -0.4 is 0 Å². The molecule has 0 bridgehead atoms. The summed E-state index contributed by atoms with van der Waals surface area (Å²) >= 11 is 0. The molecule has 2 N–H and O–H groups in total. The Bertz CT molecular complexity index is 691. The highest BCUT2D eigenvalue weighted by Crippen LogP contribution is 2.71. The molecule has 4 aliphatic rings. The van der Waals surface area contributed by atoms with E-state index in [-0.39, 0.29) is 5.92 Å². The van der Waals surface area contributed by atoms with Gasteiger partial charge in [-0.2, -0.15) is 0 Å². The SMILES string of the molecule is CC(C)C(=O)O[C@H]1[C@H](O[C@]2(C)CCC3C(C4C(C)CCC42)C3(C)C)O[C@H](C)[C@H](O)[C@@H]1O. The summed E-state index contributed by atoms with van der Waals surface area (Å²) in [6.07, 6.45) is -0.496. The molecule has 0 amide bonds. The number of hydrogen-bond acceptors (Lipinski definition) is 6. The molecule has 4 fully saturated rings. The fourth-order valence-corrected chi connectivity index (χ4v) is 7.17. The number of rotatable bonds is 4. The summed E-state index contributed by atoms with van der Waals surface area (Å²) < 4.78 is 18.3. The lowest BCUT2D eigenvalue weighted by Crippen LogP contribution is -2.61. The second kappa shape index (κ2) is 7.96. The standard InChI is InChI=1S/C25H42O6/c1-12(2)22(28)30-21-20(27)19(26)14(4)29-23(21)31-25(7)11-10-16-18(24(16,5)6)17-13(3)8-9-15(17)25/h12-21,23,26-27H,8-11H2,1-7H3/t13?,14-,15?,16?,17?,18?,19+,20+,21-,23+,25-/m1/s1. The quantitative estimate of drug-likeness (QED) is 0.653. The minimum atomic E-state index is -1.24. The van der Waals surface area contributed by atoms with Crippen molar-refractivity contribution >= 4 is 5.97 Å². The molecule has 1 aliphatic heterocycles. The van der Waals surface area contributed by atoms with Crippen LogP contribution in [0, 0.1) is 40.9 Å². The third kappa shape index (κ3) is 3.85. The zero-order valence-electron chi connectivity index (χ0n) is 20.2. The molecule has 31 heavy (non-hydrogen) atoms. The van der Waals surface area contributed by atoms with Gasteiger partial charge in [0.2, 0.25) is 0 Å². The number of aliphatic hydroxyl groups excluding tert-OH is 2. The van der Waals surface area contributed by atoms with Gasteiger partial charge >= 0.3 is 5.97 Å². The Kier molecular flexibility index (Phi) is 6.03. The van der Waals surface area contributed by atoms with Crippen LogP contribution in [0.3, 0.4) is 0 Å². The molecule has 0 aromatic heterocycles. The summed E-state index contributed by atoms with van der Waals surface area (Å²) in [5.41, 5.74) is 0.00213. The Balaban J connectivity index is 1.58. The maximum atomic E-state index is 12.3. The third-order valence-electron chi connectivity index (χ3n) is 9.24. The second-order valence-corrected chi connectivity index (χ2v) is 11.9. The molecule has 4 rings (SSSR count). The van der Waals surface area contributed by atoms with Crippen molar-refractivity contribution < 1.29 is 29.2 Å². The molecule has 6 heteroatoms. The fraction of sp³-hybridized carbons (Fsp3) is 0.960. The van der Waals surface area contributed by atoms with Crippen molar-refractivity contribution in [3.63, 3.8) is 0 Å². The van der Waals surface area contributed by atoms with Gasteiger partial charge in [0.05, 0.1) is 17.6 Å².